The maximum Gasteiger partial charge on any atom is 0.0409 e. The number of para-hydroxylation sites is 1. The molecule has 1 aromatic rings. The fourth-order valence-corrected chi connectivity index (χ4v) is 1.77. The molecule has 0 spiro atoms. The second kappa shape index (κ2) is 10.5. The number of anilines is 1. The maximum absolute atomic E-state index is 4.10. The minimum atomic E-state index is 0.781. The van der Waals surface area contributed by atoms with E-state index in [9.17, 15) is 0 Å². The van der Waals surface area contributed by atoms with Gasteiger partial charge in [-0.2, -0.15) is 0 Å². The van der Waals surface area contributed by atoms with Gasteiger partial charge in [0.25, 0.3) is 0 Å². The lowest BCUT2D eigenvalue weighted by Gasteiger charge is -2.20. The van der Waals surface area contributed by atoms with Crippen LogP contribution in [0.25, 0.3) is 0 Å². The van der Waals surface area contributed by atoms with E-state index in [0.717, 1.165) is 23.4 Å². The van der Waals surface area contributed by atoms with Crippen molar-refractivity contribution in [2.24, 2.45) is 0 Å². The van der Waals surface area contributed by atoms with Crippen molar-refractivity contribution in [1.29, 1.82) is 0 Å². The molecule has 0 N–H and O–H groups in total. The molecule has 0 amide bonds. The van der Waals surface area contributed by atoms with Gasteiger partial charge in [-0.1, -0.05) is 42.5 Å². The van der Waals surface area contributed by atoms with Crippen LogP contribution in [0.5, 0.6) is 0 Å². The highest BCUT2D eigenvalue weighted by Crippen LogP contribution is 2.18. The fourth-order valence-electron chi connectivity index (χ4n) is 1.77. The molecular formula is C20H27N. The Morgan fingerprint density at radius 3 is 2.14 bits per heavy atom. The number of allylic oxidation sites excluding steroid dienone is 4. The SMILES string of the molecule is C=C.C=CCN(/C=C(/C)C(=C)C=C(C)C)c1ccccc1. The molecule has 0 radical (unpaired) electrons. The molecule has 0 aliphatic carbocycles. The highest BCUT2D eigenvalue weighted by atomic mass is 15.1. The largest absolute Gasteiger partial charge is 0.344 e. The predicted octanol–water partition coefficient (Wildman–Crippen LogP) is 5.91. The van der Waals surface area contributed by atoms with Gasteiger partial charge in [-0.25, -0.2) is 0 Å². The molecule has 0 heterocycles. The summed E-state index contributed by atoms with van der Waals surface area (Å²) < 4.78 is 0. The monoisotopic (exact) mass is 281 g/mol. The molecule has 21 heavy (non-hydrogen) atoms. The van der Waals surface area contributed by atoms with Gasteiger partial charge < -0.3 is 4.90 Å². The Labute approximate surface area is 130 Å². The lowest BCUT2D eigenvalue weighted by Crippen LogP contribution is -2.16. The Morgan fingerprint density at radius 2 is 1.67 bits per heavy atom. The van der Waals surface area contributed by atoms with Crippen LogP contribution in [-0.4, -0.2) is 6.54 Å². The third-order valence-corrected chi connectivity index (χ3v) is 2.73. The van der Waals surface area contributed by atoms with Gasteiger partial charge in [0.1, 0.15) is 0 Å². The first kappa shape index (κ1) is 18.7. The number of benzene rings is 1. The summed E-state index contributed by atoms with van der Waals surface area (Å²) in [6.45, 7) is 21.0. The number of hydrogen-bond donors (Lipinski definition) is 0. The van der Waals surface area contributed by atoms with Gasteiger partial charge in [0.05, 0.1) is 0 Å². The molecule has 0 aliphatic rings. The molecule has 1 nitrogen and oxygen atoms in total. The Kier molecular flexibility index (Phi) is 9.36. The first-order valence-corrected chi connectivity index (χ1v) is 6.99. The Hall–Kier alpha value is -2.28. The van der Waals surface area contributed by atoms with Crippen molar-refractivity contribution in [2.75, 3.05) is 11.4 Å². The molecule has 0 bridgehead atoms. The Bertz CT molecular complexity index is 502. The van der Waals surface area contributed by atoms with E-state index in [1.54, 1.807) is 0 Å². The van der Waals surface area contributed by atoms with E-state index in [0.29, 0.717) is 0 Å². The zero-order valence-electron chi connectivity index (χ0n) is 13.6. The third kappa shape index (κ3) is 7.17. The zero-order valence-corrected chi connectivity index (χ0v) is 13.6. The summed E-state index contributed by atoms with van der Waals surface area (Å²) >= 11 is 0. The highest BCUT2D eigenvalue weighted by Gasteiger charge is 2.02. The van der Waals surface area contributed by atoms with Gasteiger partial charge >= 0.3 is 0 Å². The zero-order chi connectivity index (χ0) is 16.3. The summed E-state index contributed by atoms with van der Waals surface area (Å²) in [6.07, 6.45) is 6.13. The van der Waals surface area contributed by atoms with Crippen molar-refractivity contribution >= 4 is 5.69 Å². The normalized spacial score (nSPS) is 9.95. The molecule has 0 aliphatic heterocycles. The van der Waals surface area contributed by atoms with Crippen LogP contribution >= 0.6 is 0 Å². The van der Waals surface area contributed by atoms with E-state index in [4.69, 9.17) is 0 Å². The van der Waals surface area contributed by atoms with Crippen LogP contribution in [0.1, 0.15) is 20.8 Å². The molecule has 112 valence electrons. The topological polar surface area (TPSA) is 3.24 Å². The Morgan fingerprint density at radius 1 is 1.10 bits per heavy atom. The predicted molar refractivity (Wildman–Crippen MR) is 97.6 cm³/mol. The van der Waals surface area contributed by atoms with Crippen LogP contribution in [0.15, 0.2) is 91.7 Å². The molecule has 0 unspecified atom stereocenters. The van der Waals surface area contributed by atoms with Crippen LogP contribution in [-0.2, 0) is 0 Å². The van der Waals surface area contributed by atoms with Gasteiger partial charge in [-0.15, -0.1) is 19.7 Å². The summed E-state index contributed by atoms with van der Waals surface area (Å²) in [5, 5.41) is 0. The van der Waals surface area contributed by atoms with E-state index in [2.05, 4.69) is 76.4 Å². The van der Waals surface area contributed by atoms with E-state index in [1.165, 1.54) is 5.57 Å². The lowest BCUT2D eigenvalue weighted by atomic mass is 10.1. The molecule has 1 rings (SSSR count). The first-order chi connectivity index (χ1) is 10.0. The maximum atomic E-state index is 4.10. The van der Waals surface area contributed by atoms with Crippen LogP contribution in [0.2, 0.25) is 0 Å². The highest BCUT2D eigenvalue weighted by molar-refractivity contribution is 5.52. The lowest BCUT2D eigenvalue weighted by molar-refractivity contribution is 1.07. The molecule has 0 atom stereocenters. The van der Waals surface area contributed by atoms with Crippen molar-refractivity contribution in [3.8, 4) is 0 Å². The quantitative estimate of drug-likeness (QED) is 0.463. The standard InChI is InChI=1S/C18H23N.C2H4/c1-6-12-19(18-10-8-7-9-11-18)14-17(5)16(4)13-15(2)3;1-2/h6-11,13-14H,1,4,12H2,2-3,5H3;1-2H2/b17-14-;. The van der Waals surface area contributed by atoms with Gasteiger partial charge in [-0.3, -0.25) is 0 Å². The van der Waals surface area contributed by atoms with Gasteiger partial charge in [-0.05, 0) is 44.1 Å². The molecule has 1 aromatic carbocycles. The average Bonchev–Trinajstić information content (AvgIpc) is 2.49. The van der Waals surface area contributed by atoms with Crippen LogP contribution in [0, 0.1) is 0 Å². The minimum Gasteiger partial charge on any atom is -0.344 e. The molecule has 0 aromatic heterocycles. The smallest absolute Gasteiger partial charge is 0.0409 e. The van der Waals surface area contributed by atoms with Crippen LogP contribution in [0.3, 0.4) is 0 Å². The van der Waals surface area contributed by atoms with Crippen LogP contribution < -0.4 is 4.90 Å². The third-order valence-electron chi connectivity index (χ3n) is 2.73. The summed E-state index contributed by atoms with van der Waals surface area (Å²) in [5.41, 5.74) is 4.62. The molecule has 0 fully saturated rings. The van der Waals surface area contributed by atoms with Crippen molar-refractivity contribution in [2.45, 2.75) is 20.8 Å². The second-order valence-corrected chi connectivity index (χ2v) is 4.84. The summed E-state index contributed by atoms with van der Waals surface area (Å²) in [6, 6.07) is 10.3. The molecular weight excluding hydrogens is 254 g/mol. The van der Waals surface area contributed by atoms with Crippen molar-refractivity contribution < 1.29 is 0 Å². The van der Waals surface area contributed by atoms with Crippen LogP contribution in [0.4, 0.5) is 5.69 Å². The minimum absolute atomic E-state index is 0.781. The molecule has 0 saturated carbocycles. The van der Waals surface area contributed by atoms with Crippen molar-refractivity contribution in [3.05, 3.63) is 91.7 Å². The summed E-state index contributed by atoms with van der Waals surface area (Å²) in [4.78, 5) is 2.17. The number of nitrogens with zero attached hydrogens (tertiary/aromatic N) is 1. The molecule has 1 heteroatoms. The Balaban J connectivity index is 0.00000191. The average molecular weight is 281 g/mol. The van der Waals surface area contributed by atoms with E-state index in [1.807, 2.05) is 24.3 Å². The van der Waals surface area contributed by atoms with Crippen molar-refractivity contribution in [1.82, 2.24) is 0 Å². The number of hydrogen-bond acceptors (Lipinski definition) is 1. The van der Waals surface area contributed by atoms with Crippen molar-refractivity contribution in [3.63, 3.8) is 0 Å². The summed E-state index contributed by atoms with van der Waals surface area (Å²) in [7, 11) is 0. The van der Waals surface area contributed by atoms with E-state index < -0.39 is 0 Å². The van der Waals surface area contributed by atoms with Gasteiger partial charge in [0.15, 0.2) is 0 Å². The van der Waals surface area contributed by atoms with Gasteiger partial charge in [0.2, 0.25) is 0 Å². The fraction of sp³-hybridized carbons (Fsp3) is 0.200. The number of rotatable bonds is 6. The molecule has 0 saturated heterocycles. The first-order valence-electron chi connectivity index (χ1n) is 6.99. The summed E-state index contributed by atoms with van der Waals surface area (Å²) in [5.74, 6) is 0. The second-order valence-electron chi connectivity index (χ2n) is 4.84. The van der Waals surface area contributed by atoms with E-state index in [-0.39, 0.29) is 0 Å². The van der Waals surface area contributed by atoms with Gasteiger partial charge in [0, 0.05) is 18.4 Å². The van der Waals surface area contributed by atoms with E-state index >= 15 is 0 Å².